The molecule has 2 nitrogen and oxygen atoms in total. The molecule has 3 heteroatoms. The van der Waals surface area contributed by atoms with Crippen LogP contribution in [0.2, 0.25) is 5.02 Å². The van der Waals surface area contributed by atoms with Crippen LogP contribution in [0.1, 0.15) is 30.5 Å². The Kier molecular flexibility index (Phi) is 3.27. The molecule has 20 heavy (non-hydrogen) atoms. The van der Waals surface area contributed by atoms with Gasteiger partial charge in [0, 0.05) is 10.6 Å². The lowest BCUT2D eigenvalue weighted by Gasteiger charge is -2.22. The number of benzene rings is 2. The maximum absolute atomic E-state index is 5.98. The summed E-state index contributed by atoms with van der Waals surface area (Å²) in [6.07, 6.45) is 0. The molecule has 2 aromatic carbocycles. The van der Waals surface area contributed by atoms with E-state index in [9.17, 15) is 0 Å². The van der Waals surface area contributed by atoms with Crippen LogP contribution in [-0.2, 0) is 10.3 Å². The van der Waals surface area contributed by atoms with Crippen LogP contribution >= 0.6 is 11.6 Å². The number of ether oxygens (including phenoxy) is 1. The van der Waals surface area contributed by atoms with Crippen LogP contribution in [0, 0.1) is 0 Å². The second-order valence-electron chi connectivity index (χ2n) is 4.97. The Morgan fingerprint density at radius 2 is 1.80 bits per heavy atom. The lowest BCUT2D eigenvalue weighted by molar-refractivity contribution is 0.326. The zero-order valence-corrected chi connectivity index (χ0v) is 12.3. The second-order valence-corrected chi connectivity index (χ2v) is 5.41. The lowest BCUT2D eigenvalue weighted by atomic mass is 9.85. The van der Waals surface area contributed by atoms with Gasteiger partial charge in [0.1, 0.15) is 5.54 Å². The molecule has 0 fully saturated rings. The predicted molar refractivity (Wildman–Crippen MR) is 82.5 cm³/mol. The molecule has 0 amide bonds. The Morgan fingerprint density at radius 3 is 2.50 bits per heavy atom. The molecule has 0 N–H and O–H groups in total. The average Bonchev–Trinajstić information content (AvgIpc) is 2.75. The number of hydrogen-bond donors (Lipinski definition) is 0. The van der Waals surface area contributed by atoms with E-state index in [0.717, 1.165) is 22.0 Å². The lowest BCUT2D eigenvalue weighted by Crippen LogP contribution is -2.18. The van der Waals surface area contributed by atoms with Crippen molar-refractivity contribution < 1.29 is 4.74 Å². The first kappa shape index (κ1) is 13.2. The van der Waals surface area contributed by atoms with Gasteiger partial charge in [-0.05, 0) is 43.2 Å². The summed E-state index contributed by atoms with van der Waals surface area (Å²) in [4.78, 5) is 4.83. The number of fused-ring (bicyclic) bond motifs is 1. The van der Waals surface area contributed by atoms with E-state index in [-0.39, 0.29) is 0 Å². The van der Waals surface area contributed by atoms with Gasteiger partial charge in [-0.2, -0.15) is 0 Å². The monoisotopic (exact) mass is 285 g/mol. The van der Waals surface area contributed by atoms with E-state index in [2.05, 4.69) is 19.1 Å². The van der Waals surface area contributed by atoms with E-state index in [0.29, 0.717) is 6.61 Å². The third-order valence-corrected chi connectivity index (χ3v) is 3.95. The zero-order valence-electron chi connectivity index (χ0n) is 11.6. The molecule has 3 rings (SSSR count). The van der Waals surface area contributed by atoms with Crippen molar-refractivity contribution in [2.24, 2.45) is 4.99 Å². The standard InChI is InChI=1S/C17H16ClNO/c1-3-20-16-14-6-4-5-7-15(14)17(2,19-16)12-8-10-13(18)11-9-12/h4-11H,3H2,1-2H3/t17-/m1/s1. The van der Waals surface area contributed by atoms with Crippen molar-refractivity contribution in [1.29, 1.82) is 0 Å². The largest absolute Gasteiger partial charge is 0.478 e. The van der Waals surface area contributed by atoms with Crippen molar-refractivity contribution in [3.05, 3.63) is 70.2 Å². The molecule has 0 unspecified atom stereocenters. The number of aliphatic imine (C=N–C) groups is 1. The van der Waals surface area contributed by atoms with Crippen molar-refractivity contribution in [3.8, 4) is 0 Å². The molecular formula is C17H16ClNO. The molecule has 1 aliphatic rings. The topological polar surface area (TPSA) is 21.6 Å². The summed E-state index contributed by atoms with van der Waals surface area (Å²) in [5.41, 5.74) is 2.95. The highest BCUT2D eigenvalue weighted by molar-refractivity contribution is 6.30. The van der Waals surface area contributed by atoms with Crippen molar-refractivity contribution in [3.63, 3.8) is 0 Å². The van der Waals surface area contributed by atoms with Gasteiger partial charge in [-0.1, -0.05) is 41.9 Å². The fraction of sp³-hybridized carbons (Fsp3) is 0.235. The van der Waals surface area contributed by atoms with Gasteiger partial charge >= 0.3 is 0 Å². The minimum atomic E-state index is -0.411. The second kappa shape index (κ2) is 4.95. The predicted octanol–water partition coefficient (Wildman–Crippen LogP) is 4.40. The van der Waals surface area contributed by atoms with E-state index in [1.807, 2.05) is 43.3 Å². The van der Waals surface area contributed by atoms with Crippen molar-refractivity contribution in [2.75, 3.05) is 6.61 Å². The van der Waals surface area contributed by atoms with Crippen LogP contribution in [-0.4, -0.2) is 12.5 Å². The molecule has 2 aromatic rings. The summed E-state index contributed by atoms with van der Waals surface area (Å²) in [5, 5.41) is 0.734. The SMILES string of the molecule is CCOC1=N[C@](C)(c2ccc(Cl)cc2)c2ccccc21. The van der Waals surface area contributed by atoms with E-state index < -0.39 is 5.54 Å². The van der Waals surface area contributed by atoms with Crippen LogP contribution in [0.15, 0.2) is 53.5 Å². The van der Waals surface area contributed by atoms with E-state index in [1.54, 1.807) is 0 Å². The number of hydrogen-bond acceptors (Lipinski definition) is 2. The molecule has 1 atom stereocenters. The quantitative estimate of drug-likeness (QED) is 0.801. The fourth-order valence-electron chi connectivity index (χ4n) is 2.66. The Labute approximate surface area is 124 Å². The number of rotatable bonds is 2. The molecule has 1 heterocycles. The first-order chi connectivity index (χ1) is 9.65. The highest BCUT2D eigenvalue weighted by Crippen LogP contribution is 2.41. The summed E-state index contributed by atoms with van der Waals surface area (Å²) in [6, 6.07) is 16.1. The van der Waals surface area contributed by atoms with Gasteiger partial charge in [0.25, 0.3) is 0 Å². The van der Waals surface area contributed by atoms with Gasteiger partial charge in [0.15, 0.2) is 0 Å². The molecule has 1 aliphatic heterocycles. The summed E-state index contributed by atoms with van der Waals surface area (Å²) in [6.45, 7) is 4.70. The highest BCUT2D eigenvalue weighted by atomic mass is 35.5. The van der Waals surface area contributed by atoms with Crippen LogP contribution in [0.25, 0.3) is 0 Å². The molecule has 102 valence electrons. The smallest absolute Gasteiger partial charge is 0.217 e. The third-order valence-electron chi connectivity index (χ3n) is 3.69. The van der Waals surface area contributed by atoms with Crippen molar-refractivity contribution in [2.45, 2.75) is 19.4 Å². The summed E-state index contributed by atoms with van der Waals surface area (Å²) >= 11 is 5.98. The van der Waals surface area contributed by atoms with Gasteiger partial charge in [0.2, 0.25) is 5.90 Å². The molecule has 0 bridgehead atoms. The Balaban J connectivity index is 2.15. The maximum atomic E-state index is 5.98. The minimum Gasteiger partial charge on any atom is -0.478 e. The Hall–Kier alpha value is -1.80. The Morgan fingerprint density at radius 1 is 1.10 bits per heavy atom. The molecule has 0 aliphatic carbocycles. The van der Waals surface area contributed by atoms with Gasteiger partial charge in [-0.15, -0.1) is 0 Å². The number of halogens is 1. The van der Waals surface area contributed by atoms with Crippen LogP contribution in [0.5, 0.6) is 0 Å². The fourth-order valence-corrected chi connectivity index (χ4v) is 2.78. The highest BCUT2D eigenvalue weighted by Gasteiger charge is 2.37. The molecule has 0 radical (unpaired) electrons. The van der Waals surface area contributed by atoms with E-state index >= 15 is 0 Å². The molecule has 0 saturated heterocycles. The van der Waals surface area contributed by atoms with Crippen molar-refractivity contribution >= 4 is 17.5 Å². The maximum Gasteiger partial charge on any atom is 0.217 e. The van der Waals surface area contributed by atoms with Crippen LogP contribution in [0.3, 0.4) is 0 Å². The van der Waals surface area contributed by atoms with E-state index in [4.69, 9.17) is 21.3 Å². The zero-order chi connectivity index (χ0) is 14.2. The summed E-state index contributed by atoms with van der Waals surface area (Å²) < 4.78 is 5.69. The number of nitrogens with zero attached hydrogens (tertiary/aromatic N) is 1. The van der Waals surface area contributed by atoms with Crippen molar-refractivity contribution in [1.82, 2.24) is 0 Å². The molecule has 0 aromatic heterocycles. The molecule has 0 spiro atoms. The minimum absolute atomic E-state index is 0.411. The Bertz CT molecular complexity index is 663. The van der Waals surface area contributed by atoms with Gasteiger partial charge in [-0.25, -0.2) is 4.99 Å². The first-order valence-corrected chi connectivity index (χ1v) is 7.11. The normalized spacial score (nSPS) is 20.4. The van der Waals surface area contributed by atoms with Crippen LogP contribution < -0.4 is 0 Å². The van der Waals surface area contributed by atoms with Gasteiger partial charge in [-0.3, -0.25) is 0 Å². The van der Waals surface area contributed by atoms with Crippen LogP contribution in [0.4, 0.5) is 0 Å². The van der Waals surface area contributed by atoms with Gasteiger partial charge in [0.05, 0.1) is 6.61 Å². The van der Waals surface area contributed by atoms with E-state index in [1.165, 1.54) is 5.56 Å². The summed E-state index contributed by atoms with van der Waals surface area (Å²) in [5.74, 6) is 0.723. The summed E-state index contributed by atoms with van der Waals surface area (Å²) in [7, 11) is 0. The third kappa shape index (κ3) is 2.01. The van der Waals surface area contributed by atoms with Gasteiger partial charge < -0.3 is 4.74 Å². The molecular weight excluding hydrogens is 270 g/mol. The average molecular weight is 286 g/mol. The first-order valence-electron chi connectivity index (χ1n) is 6.73. The molecule has 0 saturated carbocycles.